The van der Waals surface area contributed by atoms with Crippen molar-refractivity contribution in [1.29, 1.82) is 0 Å². The molecule has 2 aliphatic rings. The Hall–Kier alpha value is -2.41. The third kappa shape index (κ3) is 4.30. The van der Waals surface area contributed by atoms with Crippen molar-refractivity contribution < 1.29 is 4.74 Å². The molecule has 142 valence electrons. The van der Waals surface area contributed by atoms with Gasteiger partial charge >= 0.3 is 6.01 Å². The van der Waals surface area contributed by atoms with E-state index in [-0.39, 0.29) is 0 Å². The molecule has 2 aromatic rings. The second-order valence-electron chi connectivity index (χ2n) is 7.18. The molecule has 0 amide bonds. The zero-order valence-electron chi connectivity index (χ0n) is 15.5. The van der Waals surface area contributed by atoms with E-state index in [4.69, 9.17) is 16.3 Å². The van der Waals surface area contributed by atoms with E-state index >= 15 is 0 Å². The summed E-state index contributed by atoms with van der Waals surface area (Å²) >= 11 is 6.28. The van der Waals surface area contributed by atoms with Gasteiger partial charge in [0.1, 0.15) is 11.0 Å². The molecule has 2 aromatic heterocycles. The molecule has 1 aliphatic carbocycles. The fraction of sp³-hybridized carbons (Fsp3) is 0.474. The normalized spacial score (nSPS) is 23.5. The molecule has 0 spiro atoms. The molecule has 0 saturated heterocycles. The van der Waals surface area contributed by atoms with Crippen molar-refractivity contribution in [3.63, 3.8) is 0 Å². The van der Waals surface area contributed by atoms with Gasteiger partial charge in [-0.2, -0.15) is 15.1 Å². The highest BCUT2D eigenvalue weighted by Crippen LogP contribution is 2.46. The van der Waals surface area contributed by atoms with Crippen molar-refractivity contribution in [3.05, 3.63) is 40.8 Å². The van der Waals surface area contributed by atoms with E-state index in [0.717, 1.165) is 30.8 Å². The lowest BCUT2D eigenvalue weighted by Crippen LogP contribution is -2.22. The summed E-state index contributed by atoms with van der Waals surface area (Å²) in [7, 11) is 1.96. The second-order valence-corrected chi connectivity index (χ2v) is 7.54. The summed E-state index contributed by atoms with van der Waals surface area (Å²) in [6.07, 6.45) is 4.86. The van der Waals surface area contributed by atoms with Gasteiger partial charge in [0, 0.05) is 61.6 Å². The minimum Gasteiger partial charge on any atom is -0.463 e. The fourth-order valence-electron chi connectivity index (χ4n) is 3.26. The van der Waals surface area contributed by atoms with E-state index in [1.54, 1.807) is 0 Å². The Morgan fingerprint density at radius 3 is 2.96 bits per heavy atom. The van der Waals surface area contributed by atoms with Gasteiger partial charge in [-0.3, -0.25) is 9.99 Å². The number of aromatic nitrogens is 3. The number of nitrogens with one attached hydrogen (secondary N) is 1. The summed E-state index contributed by atoms with van der Waals surface area (Å²) < 4.78 is 5.84. The molecule has 3 atom stereocenters. The summed E-state index contributed by atoms with van der Waals surface area (Å²) in [6.45, 7) is 4.11. The Morgan fingerprint density at radius 1 is 1.33 bits per heavy atom. The van der Waals surface area contributed by atoms with Crippen molar-refractivity contribution in [2.75, 3.05) is 32.1 Å². The number of hydrogen-bond acceptors (Lipinski definition) is 7. The van der Waals surface area contributed by atoms with E-state index in [9.17, 15) is 0 Å². The predicted octanol–water partition coefficient (Wildman–Crippen LogP) is 2.98. The average molecular weight is 387 g/mol. The minimum atomic E-state index is 0.317. The molecule has 27 heavy (non-hydrogen) atoms. The first-order valence-electron chi connectivity index (χ1n) is 9.17. The van der Waals surface area contributed by atoms with Crippen LogP contribution in [0.5, 0.6) is 6.01 Å². The zero-order chi connectivity index (χ0) is 18.8. The first-order valence-corrected chi connectivity index (χ1v) is 9.55. The monoisotopic (exact) mass is 386 g/mol. The van der Waals surface area contributed by atoms with Crippen LogP contribution >= 0.6 is 11.6 Å². The largest absolute Gasteiger partial charge is 0.463 e. The SMILES string of the molecule is Cc1c(Cl)nc(OC[C@H]2C[C@@H]2c2ccccn2)nc1NCC1C=NN(C)C1. The molecule has 1 unspecified atom stereocenters. The van der Waals surface area contributed by atoms with Gasteiger partial charge in [-0.1, -0.05) is 17.7 Å². The van der Waals surface area contributed by atoms with Crippen molar-refractivity contribution in [3.8, 4) is 6.01 Å². The number of ether oxygens (including phenoxy) is 1. The lowest BCUT2D eigenvalue weighted by Gasteiger charge is -2.14. The molecule has 0 aromatic carbocycles. The van der Waals surface area contributed by atoms with Crippen LogP contribution in [-0.4, -0.2) is 52.9 Å². The summed E-state index contributed by atoms with van der Waals surface area (Å²) in [4.78, 5) is 13.2. The summed E-state index contributed by atoms with van der Waals surface area (Å²) in [6, 6.07) is 6.34. The molecule has 1 saturated carbocycles. The third-order valence-corrected chi connectivity index (χ3v) is 5.36. The number of nitrogens with zero attached hydrogens (tertiary/aromatic N) is 5. The minimum absolute atomic E-state index is 0.317. The van der Waals surface area contributed by atoms with E-state index in [1.165, 1.54) is 0 Å². The van der Waals surface area contributed by atoms with Crippen LogP contribution < -0.4 is 10.1 Å². The molecule has 7 nitrogen and oxygen atoms in total. The molecule has 1 fully saturated rings. The lowest BCUT2D eigenvalue weighted by atomic mass is 10.2. The second kappa shape index (κ2) is 7.68. The zero-order valence-corrected chi connectivity index (χ0v) is 16.2. The van der Waals surface area contributed by atoms with Gasteiger partial charge in [0.25, 0.3) is 0 Å². The Morgan fingerprint density at radius 2 is 2.22 bits per heavy atom. The quantitative estimate of drug-likeness (QED) is 0.737. The summed E-state index contributed by atoms with van der Waals surface area (Å²) in [5.41, 5.74) is 1.95. The number of anilines is 1. The van der Waals surface area contributed by atoms with Gasteiger partial charge in [-0.25, -0.2) is 0 Å². The number of hydrogen-bond donors (Lipinski definition) is 1. The van der Waals surface area contributed by atoms with Crippen LogP contribution in [0.1, 0.15) is 23.6 Å². The number of hydrazone groups is 1. The van der Waals surface area contributed by atoms with E-state index in [0.29, 0.717) is 41.3 Å². The van der Waals surface area contributed by atoms with Gasteiger partial charge in [0.15, 0.2) is 0 Å². The standard InChI is InChI=1S/C19H23ClN6O/c1-12-17(20)24-19(25-18(12)22-8-13-9-23-26(2)10-13)27-11-14-7-15(14)16-5-3-4-6-21-16/h3-6,9,13-15H,7-8,10-11H2,1-2H3,(H,22,24,25)/t13?,14-,15+/m1/s1. The smallest absolute Gasteiger partial charge is 0.319 e. The highest BCUT2D eigenvalue weighted by molar-refractivity contribution is 6.30. The van der Waals surface area contributed by atoms with Crippen molar-refractivity contribution in [2.24, 2.45) is 16.9 Å². The maximum atomic E-state index is 6.28. The molecule has 1 N–H and O–H groups in total. The molecule has 4 rings (SSSR count). The van der Waals surface area contributed by atoms with E-state index in [2.05, 4.69) is 31.4 Å². The van der Waals surface area contributed by atoms with Crippen LogP contribution in [0.15, 0.2) is 29.5 Å². The molecule has 8 heteroatoms. The first kappa shape index (κ1) is 18.0. The number of pyridine rings is 1. The molecule has 0 bridgehead atoms. The Kier molecular flexibility index (Phi) is 5.11. The Labute approximate surface area is 163 Å². The van der Waals surface area contributed by atoms with Crippen LogP contribution in [0.3, 0.4) is 0 Å². The fourth-order valence-corrected chi connectivity index (χ4v) is 3.43. The van der Waals surface area contributed by atoms with Crippen LogP contribution in [0.2, 0.25) is 5.15 Å². The molecule has 0 radical (unpaired) electrons. The van der Waals surface area contributed by atoms with Crippen molar-refractivity contribution in [1.82, 2.24) is 20.0 Å². The van der Waals surface area contributed by atoms with Crippen molar-refractivity contribution >= 4 is 23.6 Å². The third-order valence-electron chi connectivity index (χ3n) is 4.99. The topological polar surface area (TPSA) is 75.5 Å². The van der Waals surface area contributed by atoms with Gasteiger partial charge in [0.2, 0.25) is 0 Å². The summed E-state index contributed by atoms with van der Waals surface area (Å²) in [5.74, 6) is 1.97. The molecular formula is C19H23ClN6O. The maximum Gasteiger partial charge on any atom is 0.319 e. The van der Waals surface area contributed by atoms with Gasteiger partial charge in [-0.05, 0) is 25.5 Å². The number of halogens is 1. The van der Waals surface area contributed by atoms with Crippen molar-refractivity contribution in [2.45, 2.75) is 19.3 Å². The Bertz CT molecular complexity index is 830. The molecule has 3 heterocycles. The van der Waals surface area contributed by atoms with E-state index in [1.807, 2.05) is 43.5 Å². The molecular weight excluding hydrogens is 364 g/mol. The van der Waals surface area contributed by atoms with Crippen LogP contribution in [0.4, 0.5) is 5.82 Å². The van der Waals surface area contributed by atoms with E-state index < -0.39 is 0 Å². The maximum absolute atomic E-state index is 6.28. The first-order chi connectivity index (χ1) is 13.1. The van der Waals surface area contributed by atoms with Crippen LogP contribution in [0.25, 0.3) is 0 Å². The van der Waals surface area contributed by atoms with Crippen LogP contribution in [0, 0.1) is 18.8 Å². The van der Waals surface area contributed by atoms with Gasteiger partial charge < -0.3 is 10.1 Å². The highest BCUT2D eigenvalue weighted by atomic mass is 35.5. The summed E-state index contributed by atoms with van der Waals surface area (Å²) in [5, 5.41) is 9.94. The van der Waals surface area contributed by atoms with Gasteiger partial charge in [0.05, 0.1) is 6.61 Å². The van der Waals surface area contributed by atoms with Crippen LogP contribution in [-0.2, 0) is 0 Å². The predicted molar refractivity (Wildman–Crippen MR) is 105 cm³/mol. The molecule has 1 aliphatic heterocycles. The van der Waals surface area contributed by atoms with Gasteiger partial charge in [-0.15, -0.1) is 0 Å². The average Bonchev–Trinajstić information content (AvgIpc) is 3.34. The highest BCUT2D eigenvalue weighted by Gasteiger charge is 2.40. The Balaban J connectivity index is 1.34. The number of rotatable bonds is 7. The lowest BCUT2D eigenvalue weighted by molar-refractivity contribution is 0.274.